The van der Waals surface area contributed by atoms with E-state index in [0.717, 1.165) is 11.1 Å². The van der Waals surface area contributed by atoms with E-state index in [2.05, 4.69) is 0 Å². The monoisotopic (exact) mass is 456 g/mol. The van der Waals surface area contributed by atoms with Crippen LogP contribution in [0, 0.1) is 0 Å². The van der Waals surface area contributed by atoms with E-state index in [1.165, 1.54) is 0 Å². The van der Waals surface area contributed by atoms with E-state index in [9.17, 15) is 10.2 Å². The molecule has 160 valence electrons. The third kappa shape index (κ3) is 2.97. The van der Waals surface area contributed by atoms with Crippen LogP contribution in [0.3, 0.4) is 0 Å². The first-order valence-corrected chi connectivity index (χ1v) is 11.2. The highest BCUT2D eigenvalue weighted by Gasteiger charge is 2.72. The average Bonchev–Trinajstić information content (AvgIpc) is 3.18. The van der Waals surface area contributed by atoms with E-state index in [-0.39, 0.29) is 5.92 Å². The van der Waals surface area contributed by atoms with Gasteiger partial charge in [-0.1, -0.05) is 54.1 Å². The first-order chi connectivity index (χ1) is 15.0. The number of halogens is 2. The van der Waals surface area contributed by atoms with Crippen molar-refractivity contribution in [1.29, 1.82) is 0 Å². The quantitative estimate of drug-likeness (QED) is 0.531. The van der Waals surface area contributed by atoms with Crippen LogP contribution in [0.2, 0.25) is 5.02 Å². The Kier molecular flexibility index (Phi) is 5.14. The van der Waals surface area contributed by atoms with Crippen LogP contribution in [-0.4, -0.2) is 28.8 Å². The fourth-order valence-corrected chi connectivity index (χ4v) is 5.36. The number of hydrogen-bond acceptors (Lipinski definition) is 4. The second-order valence-electron chi connectivity index (χ2n) is 8.02. The van der Waals surface area contributed by atoms with Crippen LogP contribution >= 0.6 is 23.2 Å². The van der Waals surface area contributed by atoms with E-state index < -0.39 is 17.3 Å². The minimum Gasteiger partial charge on any atom is -0.492 e. The summed E-state index contributed by atoms with van der Waals surface area (Å²) in [6.07, 6.45) is -0.670. The number of fused-ring (bicyclic) bond motifs is 3. The first kappa shape index (κ1) is 20.7. The van der Waals surface area contributed by atoms with Crippen molar-refractivity contribution < 1.29 is 19.7 Å². The van der Waals surface area contributed by atoms with Crippen LogP contribution in [0.15, 0.2) is 72.8 Å². The molecule has 0 saturated heterocycles. The summed E-state index contributed by atoms with van der Waals surface area (Å²) >= 11 is 11.9. The molecule has 3 aromatic carbocycles. The lowest BCUT2D eigenvalue weighted by molar-refractivity contribution is -0.149. The van der Waals surface area contributed by atoms with Crippen molar-refractivity contribution in [3.05, 3.63) is 94.5 Å². The summed E-state index contributed by atoms with van der Waals surface area (Å²) in [5.41, 5.74) is -0.567. The minimum absolute atomic E-state index is 0.283. The van der Waals surface area contributed by atoms with Gasteiger partial charge in [-0.2, -0.15) is 0 Å². The highest BCUT2D eigenvalue weighted by Crippen LogP contribution is 2.66. The molecule has 0 aromatic heterocycles. The van der Waals surface area contributed by atoms with E-state index in [0.29, 0.717) is 41.0 Å². The van der Waals surface area contributed by atoms with Crippen LogP contribution in [0.4, 0.5) is 0 Å². The highest BCUT2D eigenvalue weighted by molar-refractivity contribution is 6.30. The summed E-state index contributed by atoms with van der Waals surface area (Å²) in [4.78, 5) is 0. The summed E-state index contributed by atoms with van der Waals surface area (Å²) in [6.45, 7) is 0.363. The molecule has 1 fully saturated rings. The van der Waals surface area contributed by atoms with Crippen molar-refractivity contribution in [2.45, 2.75) is 29.6 Å². The number of aliphatic hydroxyl groups excluding tert-OH is 1. The normalized spacial score (nSPS) is 28.6. The largest absolute Gasteiger partial charge is 0.492 e. The Labute approximate surface area is 191 Å². The standard InChI is InChI=1S/C25H22Cl2O4/c26-12-13-30-19-10-11-20-22(14-19)31-25(17-6-8-18(27)9-7-17)21(15-23(28)24(20,25)29)16-4-2-1-3-5-16/h1-11,14,21,23,28-29H,12-13,15H2/t21-,23+,24-,25-/m1/s1. The molecular formula is C25H22Cl2O4. The van der Waals surface area contributed by atoms with Crippen molar-refractivity contribution in [3.8, 4) is 11.5 Å². The Hall–Kier alpha value is -2.24. The SMILES string of the molecule is O[C@H]1C[C@H](c2ccccc2)[C@@]2(c3ccc(Cl)cc3)Oc3cc(OCCCl)ccc3[C@@]12O. The molecule has 1 heterocycles. The van der Waals surface area contributed by atoms with Gasteiger partial charge in [0.1, 0.15) is 18.1 Å². The van der Waals surface area contributed by atoms with Gasteiger partial charge in [0, 0.05) is 22.6 Å². The van der Waals surface area contributed by atoms with E-state index in [1.807, 2.05) is 42.5 Å². The molecule has 6 heteroatoms. The zero-order chi connectivity index (χ0) is 21.6. The molecule has 0 radical (unpaired) electrons. The maximum atomic E-state index is 12.2. The number of aliphatic hydroxyl groups is 2. The zero-order valence-corrected chi connectivity index (χ0v) is 18.2. The summed E-state index contributed by atoms with van der Waals surface area (Å²) in [6, 6.07) is 22.4. The number of hydrogen-bond donors (Lipinski definition) is 2. The molecule has 4 nitrogen and oxygen atoms in total. The highest BCUT2D eigenvalue weighted by atomic mass is 35.5. The van der Waals surface area contributed by atoms with Crippen LogP contribution in [-0.2, 0) is 11.2 Å². The molecule has 5 rings (SSSR count). The number of ether oxygens (including phenoxy) is 2. The van der Waals surface area contributed by atoms with Crippen molar-refractivity contribution >= 4 is 23.2 Å². The number of rotatable bonds is 5. The maximum absolute atomic E-state index is 12.2. The molecule has 4 atom stereocenters. The molecule has 1 aliphatic heterocycles. The van der Waals surface area contributed by atoms with Gasteiger partial charge >= 0.3 is 0 Å². The molecule has 0 unspecified atom stereocenters. The predicted octanol–water partition coefficient (Wildman–Crippen LogP) is 4.98. The van der Waals surface area contributed by atoms with Gasteiger partial charge in [-0.3, -0.25) is 0 Å². The zero-order valence-electron chi connectivity index (χ0n) is 16.7. The molecule has 2 aliphatic rings. The molecular weight excluding hydrogens is 435 g/mol. The molecule has 31 heavy (non-hydrogen) atoms. The molecule has 2 N–H and O–H groups in total. The van der Waals surface area contributed by atoms with Crippen LogP contribution in [0.25, 0.3) is 0 Å². The summed E-state index contributed by atoms with van der Waals surface area (Å²) < 4.78 is 12.3. The Morgan fingerprint density at radius 1 is 1.03 bits per heavy atom. The lowest BCUT2D eigenvalue weighted by Crippen LogP contribution is -2.51. The molecule has 1 aliphatic carbocycles. The molecule has 0 spiro atoms. The smallest absolute Gasteiger partial charge is 0.176 e. The van der Waals surface area contributed by atoms with Gasteiger partial charge in [-0.25, -0.2) is 0 Å². The third-order valence-electron chi connectivity index (χ3n) is 6.45. The lowest BCUT2D eigenvalue weighted by atomic mass is 9.71. The van der Waals surface area contributed by atoms with Gasteiger partial charge in [0.2, 0.25) is 0 Å². The van der Waals surface area contributed by atoms with Gasteiger partial charge in [0.05, 0.1) is 12.0 Å². The van der Waals surface area contributed by atoms with Gasteiger partial charge in [0.25, 0.3) is 0 Å². The minimum atomic E-state index is -1.64. The second-order valence-corrected chi connectivity index (χ2v) is 8.84. The predicted molar refractivity (Wildman–Crippen MR) is 120 cm³/mol. The fraction of sp³-hybridized carbons (Fsp3) is 0.280. The van der Waals surface area contributed by atoms with Crippen molar-refractivity contribution in [2.24, 2.45) is 0 Å². The summed E-state index contributed by atoms with van der Waals surface area (Å²) in [7, 11) is 0. The van der Waals surface area contributed by atoms with Crippen LogP contribution in [0.5, 0.6) is 11.5 Å². The van der Waals surface area contributed by atoms with Crippen LogP contribution < -0.4 is 9.47 Å². The maximum Gasteiger partial charge on any atom is 0.176 e. The van der Waals surface area contributed by atoms with Gasteiger partial charge in [0.15, 0.2) is 11.2 Å². The molecule has 0 amide bonds. The topological polar surface area (TPSA) is 58.9 Å². The van der Waals surface area contributed by atoms with Crippen molar-refractivity contribution in [2.75, 3.05) is 12.5 Å². The van der Waals surface area contributed by atoms with Gasteiger partial charge in [-0.05, 0) is 41.8 Å². The molecule has 3 aromatic rings. The van der Waals surface area contributed by atoms with E-state index >= 15 is 0 Å². The van der Waals surface area contributed by atoms with Gasteiger partial charge < -0.3 is 19.7 Å². The summed E-state index contributed by atoms with van der Waals surface area (Å²) in [5, 5.41) is 24.0. The Morgan fingerprint density at radius 2 is 1.77 bits per heavy atom. The Morgan fingerprint density at radius 3 is 2.48 bits per heavy atom. The average molecular weight is 457 g/mol. The van der Waals surface area contributed by atoms with E-state index in [1.54, 1.807) is 30.3 Å². The van der Waals surface area contributed by atoms with E-state index in [4.69, 9.17) is 32.7 Å². The third-order valence-corrected chi connectivity index (χ3v) is 6.86. The Bertz CT molecular complexity index is 1090. The van der Waals surface area contributed by atoms with Crippen LogP contribution in [0.1, 0.15) is 29.0 Å². The lowest BCUT2D eigenvalue weighted by Gasteiger charge is -2.40. The summed E-state index contributed by atoms with van der Waals surface area (Å²) in [5.74, 6) is 1.17. The number of benzene rings is 3. The van der Waals surface area contributed by atoms with Crippen molar-refractivity contribution in [3.63, 3.8) is 0 Å². The fourth-order valence-electron chi connectivity index (χ4n) is 5.16. The van der Waals surface area contributed by atoms with Gasteiger partial charge in [-0.15, -0.1) is 11.6 Å². The Balaban J connectivity index is 1.71. The molecule has 1 saturated carbocycles. The second kappa shape index (κ2) is 7.72. The van der Waals surface area contributed by atoms with Crippen molar-refractivity contribution in [1.82, 2.24) is 0 Å². The number of alkyl halides is 1. The first-order valence-electron chi connectivity index (χ1n) is 10.2. The molecule has 0 bridgehead atoms.